The first-order valence-electron chi connectivity index (χ1n) is 4.74. The second-order valence-corrected chi connectivity index (χ2v) is 4.16. The van der Waals surface area contributed by atoms with E-state index in [4.69, 9.17) is 11.6 Å². The second kappa shape index (κ2) is 5.12. The fraction of sp³-hybridized carbons (Fsp3) is 0.364. The largest absolute Gasteiger partial charge is 0.352 e. The Balaban J connectivity index is 2.74. The molecule has 0 aromatic heterocycles. The van der Waals surface area contributed by atoms with E-state index in [1.165, 1.54) is 12.1 Å². The van der Waals surface area contributed by atoms with Crippen molar-refractivity contribution in [3.63, 3.8) is 0 Å². The van der Waals surface area contributed by atoms with Crippen molar-refractivity contribution in [3.8, 4) is 0 Å². The number of amides is 1. The standard InChI is InChI=1S/C11H13ClFNO/c1-7(2)6-14-11(15)9-4-3-8(12)5-10(9)13/h3-5,7H,6H2,1-2H3,(H,14,15). The first kappa shape index (κ1) is 12.0. The lowest BCUT2D eigenvalue weighted by molar-refractivity contribution is 0.0945. The molecule has 1 aromatic carbocycles. The molecule has 1 rings (SSSR count). The van der Waals surface area contributed by atoms with Gasteiger partial charge in [-0.2, -0.15) is 0 Å². The SMILES string of the molecule is CC(C)CNC(=O)c1ccc(Cl)cc1F. The quantitative estimate of drug-likeness (QED) is 0.849. The number of benzene rings is 1. The van der Waals surface area contributed by atoms with E-state index in [9.17, 15) is 9.18 Å². The molecule has 1 aromatic rings. The van der Waals surface area contributed by atoms with Crippen LogP contribution in [0.15, 0.2) is 18.2 Å². The highest BCUT2D eigenvalue weighted by atomic mass is 35.5. The Kier molecular flexibility index (Phi) is 4.09. The van der Waals surface area contributed by atoms with Gasteiger partial charge in [0.15, 0.2) is 0 Å². The number of halogens is 2. The molecule has 4 heteroatoms. The van der Waals surface area contributed by atoms with E-state index in [1.807, 2.05) is 13.8 Å². The highest BCUT2D eigenvalue weighted by Crippen LogP contribution is 2.14. The van der Waals surface area contributed by atoms with Crippen molar-refractivity contribution < 1.29 is 9.18 Å². The molecule has 1 amide bonds. The van der Waals surface area contributed by atoms with Gasteiger partial charge in [0.2, 0.25) is 0 Å². The number of carbonyl (C=O) groups excluding carboxylic acids is 1. The molecular weight excluding hydrogens is 217 g/mol. The minimum atomic E-state index is -0.594. The van der Waals surface area contributed by atoms with Crippen LogP contribution in [0.25, 0.3) is 0 Å². The molecule has 15 heavy (non-hydrogen) atoms. The van der Waals surface area contributed by atoms with E-state index >= 15 is 0 Å². The monoisotopic (exact) mass is 229 g/mol. The van der Waals surface area contributed by atoms with Crippen LogP contribution in [-0.4, -0.2) is 12.5 Å². The van der Waals surface area contributed by atoms with Crippen LogP contribution in [0.1, 0.15) is 24.2 Å². The molecule has 0 unspecified atom stereocenters. The molecule has 0 fully saturated rings. The van der Waals surface area contributed by atoms with Gasteiger partial charge in [-0.3, -0.25) is 4.79 Å². The second-order valence-electron chi connectivity index (χ2n) is 3.73. The molecule has 0 saturated heterocycles. The topological polar surface area (TPSA) is 29.1 Å². The summed E-state index contributed by atoms with van der Waals surface area (Å²) in [5, 5.41) is 2.92. The lowest BCUT2D eigenvalue weighted by Crippen LogP contribution is -2.28. The Morgan fingerprint density at radius 3 is 2.73 bits per heavy atom. The van der Waals surface area contributed by atoms with Crippen molar-refractivity contribution in [2.45, 2.75) is 13.8 Å². The molecular formula is C11H13ClFNO. The molecule has 1 N–H and O–H groups in total. The van der Waals surface area contributed by atoms with Crippen LogP contribution < -0.4 is 5.32 Å². The van der Waals surface area contributed by atoms with Gasteiger partial charge in [-0.25, -0.2) is 4.39 Å². The van der Waals surface area contributed by atoms with E-state index in [-0.39, 0.29) is 10.6 Å². The summed E-state index contributed by atoms with van der Waals surface area (Å²) >= 11 is 5.58. The van der Waals surface area contributed by atoms with Gasteiger partial charge in [0, 0.05) is 11.6 Å². The Morgan fingerprint density at radius 1 is 1.53 bits per heavy atom. The Bertz CT molecular complexity index is 366. The minimum absolute atomic E-state index is 0.0278. The van der Waals surface area contributed by atoms with Gasteiger partial charge < -0.3 is 5.32 Å². The van der Waals surface area contributed by atoms with Gasteiger partial charge in [0.05, 0.1) is 5.56 Å². The molecule has 0 heterocycles. The van der Waals surface area contributed by atoms with Crippen molar-refractivity contribution in [1.82, 2.24) is 5.32 Å². The van der Waals surface area contributed by atoms with Crippen molar-refractivity contribution in [3.05, 3.63) is 34.6 Å². The van der Waals surface area contributed by atoms with Crippen molar-refractivity contribution >= 4 is 17.5 Å². The fourth-order valence-electron chi connectivity index (χ4n) is 1.07. The third-order valence-electron chi connectivity index (χ3n) is 1.85. The molecule has 0 spiro atoms. The number of hydrogen-bond acceptors (Lipinski definition) is 1. The maximum atomic E-state index is 13.3. The Morgan fingerprint density at radius 2 is 2.20 bits per heavy atom. The molecule has 2 nitrogen and oxygen atoms in total. The smallest absolute Gasteiger partial charge is 0.254 e. The summed E-state index contributed by atoms with van der Waals surface area (Å²) in [7, 11) is 0. The molecule has 0 aliphatic carbocycles. The van der Waals surface area contributed by atoms with E-state index in [0.717, 1.165) is 6.07 Å². The Hall–Kier alpha value is -1.09. The van der Waals surface area contributed by atoms with Gasteiger partial charge in [-0.1, -0.05) is 25.4 Å². The Labute approximate surface area is 93.4 Å². The van der Waals surface area contributed by atoms with E-state index < -0.39 is 11.7 Å². The highest BCUT2D eigenvalue weighted by molar-refractivity contribution is 6.30. The van der Waals surface area contributed by atoms with Gasteiger partial charge in [0.1, 0.15) is 5.82 Å². The van der Waals surface area contributed by atoms with Crippen LogP contribution in [0, 0.1) is 11.7 Å². The van der Waals surface area contributed by atoms with Crippen molar-refractivity contribution in [2.24, 2.45) is 5.92 Å². The molecule has 0 bridgehead atoms. The fourth-order valence-corrected chi connectivity index (χ4v) is 1.22. The summed E-state index contributed by atoms with van der Waals surface area (Å²) < 4.78 is 13.3. The normalized spacial score (nSPS) is 10.5. The molecule has 0 atom stereocenters. The lowest BCUT2D eigenvalue weighted by Gasteiger charge is -2.08. The maximum absolute atomic E-state index is 13.3. The van der Waals surface area contributed by atoms with Crippen LogP contribution in [0.2, 0.25) is 5.02 Å². The molecule has 0 radical (unpaired) electrons. The van der Waals surface area contributed by atoms with Crippen LogP contribution in [-0.2, 0) is 0 Å². The number of nitrogens with one attached hydrogen (secondary N) is 1. The van der Waals surface area contributed by atoms with E-state index in [0.29, 0.717) is 12.5 Å². The van der Waals surface area contributed by atoms with E-state index in [1.54, 1.807) is 0 Å². The summed E-state index contributed by atoms with van der Waals surface area (Å²) in [6, 6.07) is 4.01. The van der Waals surface area contributed by atoms with Gasteiger partial charge in [-0.05, 0) is 24.1 Å². The zero-order valence-electron chi connectivity index (χ0n) is 8.68. The third kappa shape index (κ3) is 3.51. The molecule has 0 saturated carbocycles. The van der Waals surface area contributed by atoms with Crippen molar-refractivity contribution in [1.29, 1.82) is 0 Å². The van der Waals surface area contributed by atoms with Crippen molar-refractivity contribution in [2.75, 3.05) is 6.54 Å². The third-order valence-corrected chi connectivity index (χ3v) is 2.08. The summed E-state index contributed by atoms with van der Waals surface area (Å²) in [6.07, 6.45) is 0. The molecule has 0 aliphatic rings. The van der Waals surface area contributed by atoms with Gasteiger partial charge in [0.25, 0.3) is 5.91 Å². The molecule has 0 aliphatic heterocycles. The van der Waals surface area contributed by atoms with Crippen LogP contribution in [0.4, 0.5) is 4.39 Å². The van der Waals surface area contributed by atoms with Gasteiger partial charge >= 0.3 is 0 Å². The summed E-state index contributed by atoms with van der Waals surface area (Å²) in [5.41, 5.74) is 0.0278. The van der Waals surface area contributed by atoms with Crippen LogP contribution >= 0.6 is 11.6 Å². The number of hydrogen-bond donors (Lipinski definition) is 1. The first-order chi connectivity index (χ1) is 7.00. The molecule has 82 valence electrons. The number of carbonyl (C=O) groups is 1. The highest BCUT2D eigenvalue weighted by Gasteiger charge is 2.11. The van der Waals surface area contributed by atoms with Gasteiger partial charge in [-0.15, -0.1) is 0 Å². The maximum Gasteiger partial charge on any atom is 0.254 e. The summed E-state index contributed by atoms with van der Waals surface area (Å²) in [4.78, 5) is 11.5. The zero-order valence-corrected chi connectivity index (χ0v) is 9.44. The zero-order chi connectivity index (χ0) is 11.4. The first-order valence-corrected chi connectivity index (χ1v) is 5.11. The minimum Gasteiger partial charge on any atom is -0.352 e. The summed E-state index contributed by atoms with van der Waals surface area (Å²) in [6.45, 7) is 4.47. The summed E-state index contributed by atoms with van der Waals surface area (Å²) in [5.74, 6) is -0.661. The number of rotatable bonds is 3. The van der Waals surface area contributed by atoms with E-state index in [2.05, 4.69) is 5.32 Å². The average molecular weight is 230 g/mol. The average Bonchev–Trinajstić information content (AvgIpc) is 2.14. The lowest BCUT2D eigenvalue weighted by atomic mass is 10.2. The van der Waals surface area contributed by atoms with Crippen LogP contribution in [0.5, 0.6) is 0 Å². The van der Waals surface area contributed by atoms with Crippen LogP contribution in [0.3, 0.4) is 0 Å². The predicted octanol–water partition coefficient (Wildman–Crippen LogP) is 2.86. The predicted molar refractivity (Wildman–Crippen MR) is 58.6 cm³/mol.